The Morgan fingerprint density at radius 3 is 2.33 bits per heavy atom. The fourth-order valence-electron chi connectivity index (χ4n) is 2.92. The van der Waals surface area contributed by atoms with Gasteiger partial charge in [-0.2, -0.15) is 0 Å². The molecule has 5 nitrogen and oxygen atoms in total. The average molecular weight is 366 g/mol. The first-order valence-corrected chi connectivity index (χ1v) is 8.79. The van der Waals surface area contributed by atoms with E-state index < -0.39 is 5.97 Å². The van der Waals surface area contributed by atoms with E-state index in [1.807, 2.05) is 60.7 Å². The van der Waals surface area contributed by atoms with E-state index in [9.17, 15) is 4.79 Å². The molecule has 0 saturated heterocycles. The zero-order valence-corrected chi connectivity index (χ0v) is 15.2. The van der Waals surface area contributed by atoms with Gasteiger partial charge in [-0.15, -0.1) is 0 Å². The lowest BCUT2D eigenvalue weighted by atomic mass is 10.00. The molecule has 0 heterocycles. The Bertz CT molecular complexity index is 902. The largest absolute Gasteiger partial charge is 0.497 e. The smallest absolute Gasteiger partial charge is 0.303 e. The number of aryl methyl sites for hydroxylation is 1. The Kier molecular flexibility index (Phi) is 6.15. The first kappa shape index (κ1) is 18.6. The number of carboxylic acids is 1. The summed E-state index contributed by atoms with van der Waals surface area (Å²) in [7, 11) is 1.62. The average Bonchev–Trinajstić information content (AvgIpc) is 2.70. The van der Waals surface area contributed by atoms with Crippen LogP contribution in [0.25, 0.3) is 10.8 Å². The SMILES string of the molecule is COc1ccc(OCCOc2ccc3ccccc3c2CCC(=O)O)cc1. The minimum Gasteiger partial charge on any atom is -0.497 e. The third-order valence-electron chi connectivity index (χ3n) is 4.26. The number of hydrogen-bond acceptors (Lipinski definition) is 4. The molecule has 0 aliphatic heterocycles. The second-order valence-corrected chi connectivity index (χ2v) is 6.03. The van der Waals surface area contributed by atoms with E-state index in [4.69, 9.17) is 19.3 Å². The maximum absolute atomic E-state index is 11.0. The van der Waals surface area contributed by atoms with Gasteiger partial charge in [0, 0.05) is 12.0 Å². The normalized spacial score (nSPS) is 10.6. The summed E-state index contributed by atoms with van der Waals surface area (Å²) in [6, 6.07) is 19.2. The van der Waals surface area contributed by atoms with E-state index in [1.165, 1.54) is 0 Å². The van der Waals surface area contributed by atoms with Crippen LogP contribution in [-0.4, -0.2) is 31.4 Å². The number of aliphatic carboxylic acids is 1. The lowest BCUT2D eigenvalue weighted by molar-refractivity contribution is -0.136. The summed E-state index contributed by atoms with van der Waals surface area (Å²) in [5, 5.41) is 11.1. The van der Waals surface area contributed by atoms with Gasteiger partial charge in [-0.25, -0.2) is 0 Å². The third-order valence-corrected chi connectivity index (χ3v) is 4.26. The number of fused-ring (bicyclic) bond motifs is 1. The first-order valence-electron chi connectivity index (χ1n) is 8.79. The molecule has 0 spiro atoms. The van der Waals surface area contributed by atoms with Crippen molar-refractivity contribution in [3.8, 4) is 17.2 Å². The molecule has 140 valence electrons. The van der Waals surface area contributed by atoms with Crippen LogP contribution < -0.4 is 14.2 Å². The molecular weight excluding hydrogens is 344 g/mol. The van der Waals surface area contributed by atoms with Gasteiger partial charge in [0.1, 0.15) is 30.5 Å². The van der Waals surface area contributed by atoms with Crippen molar-refractivity contribution in [1.82, 2.24) is 0 Å². The van der Waals surface area contributed by atoms with E-state index in [0.717, 1.165) is 27.8 Å². The monoisotopic (exact) mass is 366 g/mol. The molecule has 0 radical (unpaired) electrons. The number of carboxylic acid groups (broad SMARTS) is 1. The molecule has 5 heteroatoms. The molecule has 0 aliphatic carbocycles. The molecule has 0 amide bonds. The standard InChI is InChI=1S/C22H22O5/c1-25-17-7-9-18(10-8-17)26-14-15-27-21-12-6-16-4-2-3-5-19(16)20(21)11-13-22(23)24/h2-10,12H,11,13-15H2,1H3,(H,23,24). The number of carbonyl (C=O) groups is 1. The van der Waals surface area contributed by atoms with Gasteiger partial charge in [0.05, 0.1) is 7.11 Å². The van der Waals surface area contributed by atoms with Crippen LogP contribution in [0.2, 0.25) is 0 Å². The van der Waals surface area contributed by atoms with Gasteiger partial charge in [0.25, 0.3) is 0 Å². The molecule has 0 aromatic heterocycles. The highest BCUT2D eigenvalue weighted by atomic mass is 16.5. The van der Waals surface area contributed by atoms with Crippen molar-refractivity contribution in [2.75, 3.05) is 20.3 Å². The van der Waals surface area contributed by atoms with Gasteiger partial charge in [-0.3, -0.25) is 4.79 Å². The maximum atomic E-state index is 11.0. The summed E-state index contributed by atoms with van der Waals surface area (Å²) < 4.78 is 16.7. The fourth-order valence-corrected chi connectivity index (χ4v) is 2.92. The minimum atomic E-state index is -0.822. The second-order valence-electron chi connectivity index (χ2n) is 6.03. The van der Waals surface area contributed by atoms with Crippen LogP contribution in [0, 0.1) is 0 Å². The van der Waals surface area contributed by atoms with Crippen molar-refractivity contribution in [2.45, 2.75) is 12.8 Å². The van der Waals surface area contributed by atoms with Gasteiger partial charge in [0.15, 0.2) is 0 Å². The number of hydrogen-bond donors (Lipinski definition) is 1. The number of methoxy groups -OCH3 is 1. The Morgan fingerprint density at radius 2 is 1.59 bits per heavy atom. The predicted octanol–water partition coefficient (Wildman–Crippen LogP) is 4.32. The molecule has 3 aromatic rings. The van der Waals surface area contributed by atoms with Crippen molar-refractivity contribution in [2.24, 2.45) is 0 Å². The topological polar surface area (TPSA) is 65.0 Å². The number of ether oxygens (including phenoxy) is 3. The van der Waals surface area contributed by atoms with Gasteiger partial charge in [-0.1, -0.05) is 30.3 Å². The molecular formula is C22H22O5. The highest BCUT2D eigenvalue weighted by molar-refractivity contribution is 5.88. The molecule has 0 bridgehead atoms. The van der Waals surface area contributed by atoms with Crippen LogP contribution in [0.5, 0.6) is 17.2 Å². The van der Waals surface area contributed by atoms with Gasteiger partial charge in [-0.05, 0) is 47.5 Å². The quantitative estimate of drug-likeness (QED) is 0.571. The molecule has 0 saturated carbocycles. The lowest BCUT2D eigenvalue weighted by Gasteiger charge is -2.14. The second kappa shape index (κ2) is 8.94. The number of benzene rings is 3. The summed E-state index contributed by atoms with van der Waals surface area (Å²) in [5.41, 5.74) is 0.917. The van der Waals surface area contributed by atoms with Crippen molar-refractivity contribution in [3.63, 3.8) is 0 Å². The third kappa shape index (κ3) is 4.91. The summed E-state index contributed by atoms with van der Waals surface area (Å²) in [4.78, 5) is 11.0. The van der Waals surface area contributed by atoms with Crippen molar-refractivity contribution in [3.05, 3.63) is 66.2 Å². The Morgan fingerprint density at radius 1 is 0.889 bits per heavy atom. The van der Waals surface area contributed by atoms with Crippen LogP contribution in [0.15, 0.2) is 60.7 Å². The molecule has 0 aliphatic rings. The molecule has 0 unspecified atom stereocenters. The van der Waals surface area contributed by atoms with Gasteiger partial charge in [0.2, 0.25) is 0 Å². The number of rotatable bonds is 9. The summed E-state index contributed by atoms with van der Waals surface area (Å²) >= 11 is 0. The predicted molar refractivity (Wildman–Crippen MR) is 104 cm³/mol. The molecule has 0 atom stereocenters. The van der Waals surface area contributed by atoms with Crippen LogP contribution in [0.1, 0.15) is 12.0 Å². The van der Waals surface area contributed by atoms with Gasteiger partial charge >= 0.3 is 5.97 Å². The summed E-state index contributed by atoms with van der Waals surface area (Å²) in [5.74, 6) is 1.40. The minimum absolute atomic E-state index is 0.0622. The van der Waals surface area contributed by atoms with Crippen molar-refractivity contribution < 1.29 is 24.1 Å². The molecule has 0 fully saturated rings. The highest BCUT2D eigenvalue weighted by Gasteiger charge is 2.11. The van der Waals surface area contributed by atoms with E-state index in [0.29, 0.717) is 25.4 Å². The molecule has 1 N–H and O–H groups in total. The van der Waals surface area contributed by atoms with Crippen molar-refractivity contribution in [1.29, 1.82) is 0 Å². The summed E-state index contributed by atoms with van der Waals surface area (Å²) in [6.07, 6.45) is 0.484. The van der Waals surface area contributed by atoms with Crippen molar-refractivity contribution >= 4 is 16.7 Å². The highest BCUT2D eigenvalue weighted by Crippen LogP contribution is 2.29. The van der Waals surface area contributed by atoms with E-state index >= 15 is 0 Å². The van der Waals surface area contributed by atoms with E-state index in [2.05, 4.69) is 0 Å². The van der Waals surface area contributed by atoms with Crippen LogP contribution in [0.3, 0.4) is 0 Å². The Hall–Kier alpha value is -3.21. The molecule has 3 aromatic carbocycles. The van der Waals surface area contributed by atoms with E-state index in [1.54, 1.807) is 7.11 Å². The first-order chi connectivity index (χ1) is 13.2. The summed E-state index contributed by atoms with van der Waals surface area (Å²) in [6.45, 7) is 0.752. The lowest BCUT2D eigenvalue weighted by Crippen LogP contribution is -2.10. The zero-order chi connectivity index (χ0) is 19.1. The Labute approximate surface area is 158 Å². The van der Waals surface area contributed by atoms with E-state index in [-0.39, 0.29) is 6.42 Å². The van der Waals surface area contributed by atoms with Crippen LogP contribution >= 0.6 is 0 Å². The van der Waals surface area contributed by atoms with Crippen LogP contribution in [-0.2, 0) is 11.2 Å². The van der Waals surface area contributed by atoms with Gasteiger partial charge < -0.3 is 19.3 Å². The fraction of sp³-hybridized carbons (Fsp3) is 0.227. The Balaban J connectivity index is 1.66. The van der Waals surface area contributed by atoms with Crippen LogP contribution in [0.4, 0.5) is 0 Å². The molecule has 3 rings (SSSR count). The maximum Gasteiger partial charge on any atom is 0.303 e. The molecule has 27 heavy (non-hydrogen) atoms. The zero-order valence-electron chi connectivity index (χ0n) is 15.2.